The minimum atomic E-state index is -0.270. The largest absolute Gasteiger partial charge is 0.469 e. The first kappa shape index (κ1) is 13.7. The highest BCUT2D eigenvalue weighted by molar-refractivity contribution is 5.80. The molecular formula is C13H21NO3. The smallest absolute Gasteiger partial charge is 0.310 e. The lowest BCUT2D eigenvalue weighted by molar-refractivity contribution is -0.146. The van der Waals surface area contributed by atoms with Gasteiger partial charge in [-0.25, -0.2) is 0 Å². The van der Waals surface area contributed by atoms with E-state index in [0.29, 0.717) is 6.54 Å². The van der Waals surface area contributed by atoms with Gasteiger partial charge in [0.1, 0.15) is 0 Å². The van der Waals surface area contributed by atoms with Gasteiger partial charge in [-0.15, -0.1) is 0 Å². The predicted molar refractivity (Wildman–Crippen MR) is 65.3 cm³/mol. The van der Waals surface area contributed by atoms with Crippen LogP contribution in [0.15, 0.2) is 12.2 Å². The lowest BCUT2D eigenvalue weighted by Crippen LogP contribution is -2.38. The minimum Gasteiger partial charge on any atom is -0.469 e. The zero-order valence-corrected chi connectivity index (χ0v) is 10.8. The van der Waals surface area contributed by atoms with Crippen LogP contribution in [0.25, 0.3) is 0 Å². The van der Waals surface area contributed by atoms with Crippen LogP contribution in [0.4, 0.5) is 0 Å². The Labute approximate surface area is 103 Å². The molecule has 17 heavy (non-hydrogen) atoms. The summed E-state index contributed by atoms with van der Waals surface area (Å²) in [5.41, 5.74) is 0. The van der Waals surface area contributed by atoms with Crippen molar-refractivity contribution in [2.75, 3.05) is 20.7 Å². The summed E-state index contributed by atoms with van der Waals surface area (Å²) < 4.78 is 4.65. The van der Waals surface area contributed by atoms with E-state index in [2.05, 4.69) is 16.9 Å². The van der Waals surface area contributed by atoms with E-state index in [1.165, 1.54) is 7.11 Å². The fourth-order valence-electron chi connectivity index (χ4n) is 2.11. The van der Waals surface area contributed by atoms with Crippen molar-refractivity contribution in [3.05, 3.63) is 12.2 Å². The third-order valence-corrected chi connectivity index (χ3v) is 3.15. The summed E-state index contributed by atoms with van der Waals surface area (Å²) in [6, 6.07) is 0. The van der Waals surface area contributed by atoms with Crippen LogP contribution < -0.4 is 0 Å². The molecule has 0 bridgehead atoms. The Hall–Kier alpha value is -1.32. The molecule has 0 radical (unpaired) electrons. The summed E-state index contributed by atoms with van der Waals surface area (Å²) in [7, 11) is 3.12. The predicted octanol–water partition coefficient (Wildman–Crippen LogP) is 1.61. The molecule has 0 fully saturated rings. The molecule has 0 aliphatic heterocycles. The number of rotatable bonds is 4. The molecular weight excluding hydrogens is 218 g/mol. The fraction of sp³-hybridized carbons (Fsp3) is 0.692. The standard InChI is InChI=1S/C13H21NO3/c1-10(13(16)17-3)9-14(2)12(15)11-7-5-4-6-8-11/h4-5,10-11H,6-9H2,1-3H3. The highest BCUT2D eigenvalue weighted by Crippen LogP contribution is 2.20. The van der Waals surface area contributed by atoms with Gasteiger partial charge < -0.3 is 9.64 Å². The number of allylic oxidation sites excluding steroid dienone is 2. The molecule has 4 nitrogen and oxygen atoms in total. The van der Waals surface area contributed by atoms with Crippen LogP contribution in [-0.2, 0) is 14.3 Å². The van der Waals surface area contributed by atoms with Crippen molar-refractivity contribution >= 4 is 11.9 Å². The maximum atomic E-state index is 12.1. The Morgan fingerprint density at radius 2 is 2.18 bits per heavy atom. The monoisotopic (exact) mass is 239 g/mol. The van der Waals surface area contributed by atoms with E-state index in [-0.39, 0.29) is 23.7 Å². The first-order valence-corrected chi connectivity index (χ1v) is 6.04. The SMILES string of the molecule is COC(=O)C(C)CN(C)C(=O)C1CC=CCC1. The molecule has 2 atom stereocenters. The molecule has 2 unspecified atom stereocenters. The lowest BCUT2D eigenvalue weighted by atomic mass is 9.93. The van der Waals surface area contributed by atoms with Crippen molar-refractivity contribution in [3.63, 3.8) is 0 Å². The first-order valence-electron chi connectivity index (χ1n) is 6.04. The quantitative estimate of drug-likeness (QED) is 0.553. The number of amides is 1. The molecule has 0 saturated heterocycles. The van der Waals surface area contributed by atoms with Crippen LogP contribution >= 0.6 is 0 Å². The Morgan fingerprint density at radius 1 is 1.47 bits per heavy atom. The molecule has 1 rings (SSSR count). The topological polar surface area (TPSA) is 46.6 Å². The van der Waals surface area contributed by atoms with Crippen LogP contribution in [0.3, 0.4) is 0 Å². The number of esters is 1. The number of ether oxygens (including phenoxy) is 1. The van der Waals surface area contributed by atoms with Crippen molar-refractivity contribution in [1.82, 2.24) is 4.90 Å². The number of nitrogens with zero attached hydrogens (tertiary/aromatic N) is 1. The average Bonchev–Trinajstić information content (AvgIpc) is 2.37. The molecule has 0 aromatic carbocycles. The highest BCUT2D eigenvalue weighted by atomic mass is 16.5. The van der Waals surface area contributed by atoms with E-state index in [9.17, 15) is 9.59 Å². The Morgan fingerprint density at radius 3 is 2.71 bits per heavy atom. The van der Waals surface area contributed by atoms with Gasteiger partial charge in [-0.3, -0.25) is 9.59 Å². The van der Waals surface area contributed by atoms with Gasteiger partial charge in [0.05, 0.1) is 13.0 Å². The van der Waals surface area contributed by atoms with Crippen LogP contribution in [0.5, 0.6) is 0 Å². The fourth-order valence-corrected chi connectivity index (χ4v) is 2.11. The molecule has 0 aromatic heterocycles. The minimum absolute atomic E-state index is 0.0786. The molecule has 1 amide bonds. The zero-order chi connectivity index (χ0) is 12.8. The summed E-state index contributed by atoms with van der Waals surface area (Å²) >= 11 is 0. The maximum absolute atomic E-state index is 12.1. The number of methoxy groups -OCH3 is 1. The summed E-state index contributed by atoms with van der Waals surface area (Å²) in [4.78, 5) is 25.0. The summed E-state index contributed by atoms with van der Waals surface area (Å²) in [6.45, 7) is 2.20. The van der Waals surface area contributed by atoms with Crippen molar-refractivity contribution in [2.45, 2.75) is 26.2 Å². The van der Waals surface area contributed by atoms with E-state index in [1.807, 2.05) is 0 Å². The number of hydrogen-bond acceptors (Lipinski definition) is 3. The molecule has 0 heterocycles. The van der Waals surface area contributed by atoms with Crippen LogP contribution in [0, 0.1) is 11.8 Å². The molecule has 96 valence electrons. The van der Waals surface area contributed by atoms with Gasteiger partial charge in [0.15, 0.2) is 0 Å². The normalized spacial score (nSPS) is 20.8. The van der Waals surface area contributed by atoms with Gasteiger partial charge in [0.25, 0.3) is 0 Å². The lowest BCUT2D eigenvalue weighted by Gasteiger charge is -2.26. The Balaban J connectivity index is 2.46. The van der Waals surface area contributed by atoms with Gasteiger partial charge in [0.2, 0.25) is 5.91 Å². The van der Waals surface area contributed by atoms with Crippen molar-refractivity contribution in [1.29, 1.82) is 0 Å². The van der Waals surface area contributed by atoms with E-state index in [1.54, 1.807) is 18.9 Å². The van der Waals surface area contributed by atoms with Gasteiger partial charge in [0, 0.05) is 19.5 Å². The van der Waals surface area contributed by atoms with Gasteiger partial charge >= 0.3 is 5.97 Å². The summed E-state index contributed by atoms with van der Waals surface area (Å²) in [6.07, 6.45) is 6.86. The van der Waals surface area contributed by atoms with Gasteiger partial charge in [-0.2, -0.15) is 0 Å². The second-order valence-corrected chi connectivity index (χ2v) is 4.62. The van der Waals surface area contributed by atoms with E-state index >= 15 is 0 Å². The van der Waals surface area contributed by atoms with Gasteiger partial charge in [-0.05, 0) is 19.3 Å². The van der Waals surface area contributed by atoms with Crippen molar-refractivity contribution < 1.29 is 14.3 Å². The van der Waals surface area contributed by atoms with E-state index in [0.717, 1.165) is 19.3 Å². The van der Waals surface area contributed by atoms with Crippen LogP contribution in [-0.4, -0.2) is 37.5 Å². The molecule has 0 spiro atoms. The molecule has 4 heteroatoms. The third kappa shape index (κ3) is 3.88. The van der Waals surface area contributed by atoms with E-state index < -0.39 is 0 Å². The Bertz CT molecular complexity index is 312. The second-order valence-electron chi connectivity index (χ2n) is 4.62. The number of hydrogen-bond donors (Lipinski definition) is 0. The summed E-state index contributed by atoms with van der Waals surface area (Å²) in [5, 5.41) is 0. The maximum Gasteiger partial charge on any atom is 0.310 e. The molecule has 1 aliphatic rings. The summed E-state index contributed by atoms with van der Waals surface area (Å²) in [5.74, 6) is -0.332. The average molecular weight is 239 g/mol. The van der Waals surface area contributed by atoms with Gasteiger partial charge in [-0.1, -0.05) is 19.1 Å². The Kier molecular flexibility index (Phi) is 5.19. The zero-order valence-electron chi connectivity index (χ0n) is 10.8. The van der Waals surface area contributed by atoms with E-state index in [4.69, 9.17) is 0 Å². The molecule has 1 aliphatic carbocycles. The number of carbonyl (C=O) groups is 2. The van der Waals surface area contributed by atoms with Crippen LogP contribution in [0.2, 0.25) is 0 Å². The third-order valence-electron chi connectivity index (χ3n) is 3.15. The second kappa shape index (κ2) is 6.42. The number of carbonyl (C=O) groups excluding carboxylic acids is 2. The molecule has 0 N–H and O–H groups in total. The molecule has 0 aromatic rings. The highest BCUT2D eigenvalue weighted by Gasteiger charge is 2.24. The first-order chi connectivity index (χ1) is 8.06. The van der Waals surface area contributed by atoms with Crippen LogP contribution in [0.1, 0.15) is 26.2 Å². The van der Waals surface area contributed by atoms with Crippen molar-refractivity contribution in [2.24, 2.45) is 11.8 Å². The van der Waals surface area contributed by atoms with Crippen molar-refractivity contribution in [3.8, 4) is 0 Å². The molecule has 0 saturated carbocycles.